The van der Waals surface area contributed by atoms with Crippen molar-refractivity contribution in [2.45, 2.75) is 6.10 Å². The monoisotopic (exact) mass is 322 g/mol. The average Bonchev–Trinajstić information content (AvgIpc) is 3.15. The van der Waals surface area contributed by atoms with E-state index < -0.39 is 6.10 Å². The summed E-state index contributed by atoms with van der Waals surface area (Å²) >= 11 is 0. The summed E-state index contributed by atoms with van der Waals surface area (Å²) in [7, 11) is 0. The van der Waals surface area contributed by atoms with Gasteiger partial charge < -0.3 is 15.7 Å². The van der Waals surface area contributed by atoms with Crippen molar-refractivity contribution >= 4 is 18.3 Å². The van der Waals surface area contributed by atoms with Gasteiger partial charge >= 0.3 is 0 Å². The molecule has 0 radical (unpaired) electrons. The van der Waals surface area contributed by atoms with E-state index in [9.17, 15) is 9.90 Å². The number of hydrogen-bond acceptors (Lipinski definition) is 4. The van der Waals surface area contributed by atoms with Crippen molar-refractivity contribution in [3.05, 3.63) is 42.1 Å². The minimum absolute atomic E-state index is 0. The number of benzene rings is 1. The summed E-state index contributed by atoms with van der Waals surface area (Å²) in [5, 5.41) is 22.5. The molecule has 1 amide bonds. The number of aliphatic hydroxyl groups excluding tert-OH is 1. The highest BCUT2D eigenvalue weighted by Gasteiger charge is 2.25. The van der Waals surface area contributed by atoms with Gasteiger partial charge in [-0.25, -0.2) is 0 Å². The number of hydrogen-bond donors (Lipinski definition) is 4. The lowest BCUT2D eigenvalue weighted by molar-refractivity contribution is 0.0928. The van der Waals surface area contributed by atoms with Gasteiger partial charge in [0.1, 0.15) is 0 Å². The number of carbonyl (C=O) groups excluding carboxylic acids is 1. The fraction of sp³-hybridized carbons (Fsp3) is 0.333. The lowest BCUT2D eigenvalue weighted by atomic mass is 10.1. The fourth-order valence-electron chi connectivity index (χ4n) is 2.53. The zero-order valence-electron chi connectivity index (χ0n) is 12.0. The molecular formula is C15H19ClN4O2. The molecular weight excluding hydrogens is 304 g/mol. The van der Waals surface area contributed by atoms with Gasteiger partial charge in [0.2, 0.25) is 0 Å². The van der Waals surface area contributed by atoms with Crippen molar-refractivity contribution in [1.82, 2.24) is 20.8 Å². The van der Waals surface area contributed by atoms with Crippen molar-refractivity contribution in [3.63, 3.8) is 0 Å². The summed E-state index contributed by atoms with van der Waals surface area (Å²) in [5.41, 5.74) is 2.14. The molecule has 4 N–H and O–H groups in total. The van der Waals surface area contributed by atoms with Gasteiger partial charge in [-0.1, -0.05) is 30.3 Å². The number of aromatic nitrogens is 2. The first-order chi connectivity index (χ1) is 10.3. The molecule has 0 saturated carbocycles. The first-order valence-corrected chi connectivity index (χ1v) is 7.01. The number of β-amino-alcohol motifs (C(OH)–C–C–N with tert-alkyl or cyclic N) is 1. The molecule has 22 heavy (non-hydrogen) atoms. The molecule has 7 heteroatoms. The van der Waals surface area contributed by atoms with E-state index in [1.807, 2.05) is 30.3 Å². The lowest BCUT2D eigenvalue weighted by Gasteiger charge is -2.14. The SMILES string of the molecule is Cl.O=C(NCC1CNCC1O)c1cn[nH]c1-c1ccccc1. The van der Waals surface area contributed by atoms with Crippen LogP contribution in [0.3, 0.4) is 0 Å². The van der Waals surface area contributed by atoms with Gasteiger partial charge in [0.05, 0.1) is 23.6 Å². The predicted octanol–water partition coefficient (Wildman–Crippen LogP) is 0.809. The quantitative estimate of drug-likeness (QED) is 0.670. The Labute approximate surface area is 134 Å². The highest BCUT2D eigenvalue weighted by Crippen LogP contribution is 2.20. The summed E-state index contributed by atoms with van der Waals surface area (Å²) in [6.45, 7) is 1.76. The molecule has 2 heterocycles. The average molecular weight is 323 g/mol. The van der Waals surface area contributed by atoms with E-state index >= 15 is 0 Å². The molecule has 0 spiro atoms. The van der Waals surface area contributed by atoms with E-state index in [0.717, 1.165) is 12.1 Å². The van der Waals surface area contributed by atoms with Crippen LogP contribution in [0.5, 0.6) is 0 Å². The molecule has 1 aromatic carbocycles. The number of aliphatic hydroxyl groups is 1. The van der Waals surface area contributed by atoms with E-state index in [0.29, 0.717) is 24.3 Å². The Hall–Kier alpha value is -1.89. The number of carbonyl (C=O) groups is 1. The third-order valence-electron chi connectivity index (χ3n) is 3.78. The molecule has 3 rings (SSSR count). The van der Waals surface area contributed by atoms with Crippen molar-refractivity contribution in [2.75, 3.05) is 19.6 Å². The Balaban J connectivity index is 0.00000176. The van der Waals surface area contributed by atoms with Gasteiger partial charge in [0.15, 0.2) is 0 Å². The number of amides is 1. The van der Waals surface area contributed by atoms with E-state index in [4.69, 9.17) is 0 Å². The van der Waals surface area contributed by atoms with Crippen LogP contribution in [0, 0.1) is 5.92 Å². The van der Waals surface area contributed by atoms with Crippen molar-refractivity contribution in [3.8, 4) is 11.3 Å². The Morgan fingerprint density at radius 3 is 2.77 bits per heavy atom. The van der Waals surface area contributed by atoms with Crippen LogP contribution in [0.1, 0.15) is 10.4 Å². The predicted molar refractivity (Wildman–Crippen MR) is 86.0 cm³/mol. The molecule has 0 aliphatic carbocycles. The number of halogens is 1. The maximum Gasteiger partial charge on any atom is 0.255 e. The maximum absolute atomic E-state index is 12.3. The molecule has 118 valence electrons. The Bertz CT molecular complexity index is 617. The van der Waals surface area contributed by atoms with Crippen LogP contribution in [-0.4, -0.2) is 46.9 Å². The number of rotatable bonds is 4. The van der Waals surface area contributed by atoms with Crippen LogP contribution in [0.15, 0.2) is 36.5 Å². The molecule has 1 aromatic heterocycles. The third kappa shape index (κ3) is 3.47. The van der Waals surface area contributed by atoms with E-state index in [-0.39, 0.29) is 24.2 Å². The Morgan fingerprint density at radius 1 is 1.32 bits per heavy atom. The molecule has 2 unspecified atom stereocenters. The minimum Gasteiger partial charge on any atom is -0.391 e. The van der Waals surface area contributed by atoms with E-state index in [2.05, 4.69) is 20.8 Å². The molecule has 1 aliphatic heterocycles. The summed E-state index contributed by atoms with van der Waals surface area (Å²) in [5.74, 6) is -0.122. The van der Waals surface area contributed by atoms with Gasteiger partial charge in [0, 0.05) is 31.1 Å². The molecule has 0 bridgehead atoms. The molecule has 1 aliphatic rings. The van der Waals surface area contributed by atoms with Crippen LogP contribution in [0.25, 0.3) is 11.3 Å². The highest BCUT2D eigenvalue weighted by molar-refractivity contribution is 5.99. The maximum atomic E-state index is 12.3. The Morgan fingerprint density at radius 2 is 2.09 bits per heavy atom. The van der Waals surface area contributed by atoms with Crippen molar-refractivity contribution < 1.29 is 9.90 Å². The van der Waals surface area contributed by atoms with Gasteiger partial charge in [-0.15, -0.1) is 12.4 Å². The van der Waals surface area contributed by atoms with Crippen molar-refractivity contribution in [1.29, 1.82) is 0 Å². The van der Waals surface area contributed by atoms with Crippen LogP contribution in [0.4, 0.5) is 0 Å². The van der Waals surface area contributed by atoms with Gasteiger partial charge in [-0.3, -0.25) is 9.89 Å². The van der Waals surface area contributed by atoms with Crippen LogP contribution in [0.2, 0.25) is 0 Å². The molecule has 1 fully saturated rings. The van der Waals surface area contributed by atoms with Gasteiger partial charge in [-0.2, -0.15) is 5.10 Å². The molecule has 6 nitrogen and oxygen atoms in total. The first-order valence-electron chi connectivity index (χ1n) is 7.01. The second-order valence-electron chi connectivity index (χ2n) is 5.22. The minimum atomic E-state index is -0.400. The smallest absolute Gasteiger partial charge is 0.255 e. The first kappa shape index (κ1) is 16.5. The normalized spacial score (nSPS) is 20.4. The summed E-state index contributed by atoms with van der Waals surface area (Å²) in [4.78, 5) is 12.3. The zero-order chi connectivity index (χ0) is 14.7. The third-order valence-corrected chi connectivity index (χ3v) is 3.78. The zero-order valence-corrected chi connectivity index (χ0v) is 12.8. The number of nitrogens with zero attached hydrogens (tertiary/aromatic N) is 1. The van der Waals surface area contributed by atoms with E-state index in [1.54, 1.807) is 0 Å². The van der Waals surface area contributed by atoms with Crippen molar-refractivity contribution in [2.24, 2.45) is 5.92 Å². The molecule has 2 aromatic rings. The van der Waals surface area contributed by atoms with Crippen LogP contribution in [-0.2, 0) is 0 Å². The van der Waals surface area contributed by atoms with Crippen LogP contribution < -0.4 is 10.6 Å². The van der Waals surface area contributed by atoms with E-state index in [1.165, 1.54) is 6.20 Å². The topological polar surface area (TPSA) is 90.0 Å². The summed E-state index contributed by atoms with van der Waals surface area (Å²) in [6, 6.07) is 9.61. The molecule has 2 atom stereocenters. The highest BCUT2D eigenvalue weighted by atomic mass is 35.5. The number of aromatic amines is 1. The van der Waals surface area contributed by atoms with Crippen LogP contribution >= 0.6 is 12.4 Å². The summed E-state index contributed by atoms with van der Waals surface area (Å²) in [6.07, 6.45) is 1.13. The van der Waals surface area contributed by atoms with Gasteiger partial charge in [-0.05, 0) is 0 Å². The largest absolute Gasteiger partial charge is 0.391 e. The van der Waals surface area contributed by atoms with Gasteiger partial charge in [0.25, 0.3) is 5.91 Å². The Kier molecular flexibility index (Phi) is 5.54. The standard InChI is InChI=1S/C15H18N4O2.ClH/c20-13-9-16-6-11(13)7-17-15(21)12-8-18-19-14(12)10-4-2-1-3-5-10;/h1-5,8,11,13,16,20H,6-7,9H2,(H,17,21)(H,18,19);1H. The summed E-state index contributed by atoms with van der Waals surface area (Å²) < 4.78 is 0. The second-order valence-corrected chi connectivity index (χ2v) is 5.22. The second kappa shape index (κ2) is 7.40. The molecule has 1 saturated heterocycles. The lowest BCUT2D eigenvalue weighted by Crippen LogP contribution is -2.34. The number of H-pyrrole nitrogens is 1. The fourth-order valence-corrected chi connectivity index (χ4v) is 2.53. The number of nitrogens with one attached hydrogen (secondary N) is 3.